The van der Waals surface area contributed by atoms with Gasteiger partial charge in [-0.3, -0.25) is 13.8 Å². The van der Waals surface area contributed by atoms with Crippen molar-refractivity contribution in [2.24, 2.45) is 5.73 Å². The molecule has 0 spiro atoms. The number of hydrogen-bond acceptors (Lipinski definition) is 7. The zero-order valence-corrected chi connectivity index (χ0v) is 34.6. The Morgan fingerprint density at radius 3 is 1.60 bits per heavy atom. The lowest BCUT2D eigenvalue weighted by atomic mass is 10.0. The van der Waals surface area contributed by atoms with E-state index in [2.05, 4.69) is 31.3 Å². The molecule has 308 valence electrons. The molecule has 0 aliphatic carbocycles. The summed E-state index contributed by atoms with van der Waals surface area (Å²) in [6.45, 7) is 3.90. The monoisotopic (exact) mass is 759 g/mol. The average Bonchev–Trinajstić information content (AvgIpc) is 3.12. The summed E-state index contributed by atoms with van der Waals surface area (Å²) in [5.74, 6) is -0.456. The van der Waals surface area contributed by atoms with Gasteiger partial charge in [-0.25, -0.2) is 4.57 Å². The van der Waals surface area contributed by atoms with E-state index in [1.165, 1.54) is 135 Å². The van der Waals surface area contributed by atoms with Gasteiger partial charge in [0.2, 0.25) is 5.91 Å². The first-order valence-corrected chi connectivity index (χ1v) is 23.0. The zero-order valence-electron chi connectivity index (χ0n) is 33.7. The summed E-state index contributed by atoms with van der Waals surface area (Å²) in [5, 5.41) is 23.9. The maximum absolute atomic E-state index is 12.8. The summed E-state index contributed by atoms with van der Waals surface area (Å²) >= 11 is 0. The molecule has 1 amide bonds. The van der Waals surface area contributed by atoms with Gasteiger partial charge in [0, 0.05) is 6.54 Å². The number of allylic oxidation sites excluding steroid dienone is 3. The molecule has 0 aliphatic rings. The summed E-state index contributed by atoms with van der Waals surface area (Å²) in [6.07, 6.45) is 40.0. The zero-order chi connectivity index (χ0) is 38.4. The summed E-state index contributed by atoms with van der Waals surface area (Å²) in [4.78, 5) is 22.7. The van der Waals surface area contributed by atoms with Crippen LogP contribution in [0.5, 0.6) is 0 Å². The highest BCUT2D eigenvalue weighted by Crippen LogP contribution is 2.43. The Kier molecular flexibility index (Phi) is 37.4. The van der Waals surface area contributed by atoms with Gasteiger partial charge in [-0.05, 0) is 32.1 Å². The Morgan fingerprint density at radius 1 is 0.654 bits per heavy atom. The average molecular weight is 759 g/mol. The summed E-state index contributed by atoms with van der Waals surface area (Å²) in [6, 6.07) is -0.993. The molecule has 4 unspecified atom stereocenters. The molecule has 0 rings (SSSR count). The third-order valence-corrected chi connectivity index (χ3v) is 10.6. The van der Waals surface area contributed by atoms with E-state index in [1.807, 2.05) is 6.08 Å². The van der Waals surface area contributed by atoms with Crippen molar-refractivity contribution in [3.8, 4) is 0 Å². The number of unbranched alkanes of at least 4 members (excludes halogenated alkanes) is 24. The van der Waals surface area contributed by atoms with Crippen LogP contribution in [0, 0.1) is 0 Å². The van der Waals surface area contributed by atoms with Gasteiger partial charge < -0.3 is 26.2 Å². The fourth-order valence-corrected chi connectivity index (χ4v) is 7.07. The largest absolute Gasteiger partial charge is 0.472 e. The van der Waals surface area contributed by atoms with Crippen LogP contribution < -0.4 is 11.1 Å². The molecule has 52 heavy (non-hydrogen) atoms. The van der Waals surface area contributed by atoms with Crippen LogP contribution in [-0.2, 0) is 18.4 Å². The van der Waals surface area contributed by atoms with Crippen LogP contribution in [0.3, 0.4) is 0 Å². The third kappa shape index (κ3) is 35.9. The van der Waals surface area contributed by atoms with E-state index in [0.717, 1.165) is 32.1 Å². The van der Waals surface area contributed by atoms with Crippen LogP contribution >= 0.6 is 7.82 Å². The molecular weight excluding hydrogens is 675 g/mol. The molecule has 0 bridgehead atoms. The minimum atomic E-state index is -4.40. The Bertz CT molecular complexity index is 888. The molecule has 0 saturated carbocycles. The highest BCUT2D eigenvalue weighted by molar-refractivity contribution is 7.47. The van der Waals surface area contributed by atoms with Crippen molar-refractivity contribution in [1.29, 1.82) is 0 Å². The van der Waals surface area contributed by atoms with E-state index in [4.69, 9.17) is 14.8 Å². The first kappa shape index (κ1) is 50.9. The number of nitrogens with one attached hydrogen (secondary N) is 1. The van der Waals surface area contributed by atoms with Crippen molar-refractivity contribution in [3.05, 3.63) is 24.3 Å². The number of phosphoric acid groups is 1. The van der Waals surface area contributed by atoms with Gasteiger partial charge in [-0.2, -0.15) is 0 Å². The topological polar surface area (TPSA) is 151 Å². The van der Waals surface area contributed by atoms with Gasteiger partial charge >= 0.3 is 7.82 Å². The van der Waals surface area contributed by atoms with E-state index in [9.17, 15) is 24.5 Å². The van der Waals surface area contributed by atoms with Crippen LogP contribution in [-0.4, -0.2) is 59.0 Å². The lowest BCUT2D eigenvalue weighted by molar-refractivity contribution is -0.124. The van der Waals surface area contributed by atoms with E-state index in [1.54, 1.807) is 6.08 Å². The first-order valence-electron chi connectivity index (χ1n) is 21.5. The predicted octanol–water partition coefficient (Wildman–Crippen LogP) is 10.8. The van der Waals surface area contributed by atoms with Gasteiger partial charge in [0.05, 0.1) is 37.9 Å². The Hall–Kier alpha value is -1.06. The minimum Gasteiger partial charge on any atom is -0.393 e. The molecule has 9 nitrogen and oxygen atoms in total. The molecule has 4 atom stereocenters. The minimum absolute atomic E-state index is 0.0456. The van der Waals surface area contributed by atoms with Gasteiger partial charge in [0.1, 0.15) is 0 Å². The molecule has 6 N–H and O–H groups in total. The van der Waals surface area contributed by atoms with E-state index in [-0.39, 0.29) is 19.6 Å². The number of amides is 1. The maximum atomic E-state index is 12.8. The van der Waals surface area contributed by atoms with Crippen LogP contribution in [0.15, 0.2) is 24.3 Å². The lowest BCUT2D eigenvalue weighted by Gasteiger charge is -2.24. The Morgan fingerprint density at radius 2 is 1.10 bits per heavy atom. The molecule has 0 aromatic heterocycles. The number of phosphoric ester groups is 1. The van der Waals surface area contributed by atoms with Gasteiger partial charge in [0.15, 0.2) is 0 Å². The molecule has 0 aromatic rings. The molecule has 0 aliphatic heterocycles. The second kappa shape index (κ2) is 38.2. The number of rotatable bonds is 40. The first-order chi connectivity index (χ1) is 25.3. The summed E-state index contributed by atoms with van der Waals surface area (Å²) in [7, 11) is -4.40. The van der Waals surface area contributed by atoms with Crippen molar-refractivity contribution in [1.82, 2.24) is 5.32 Å². The van der Waals surface area contributed by atoms with Gasteiger partial charge in [-0.15, -0.1) is 0 Å². The fraction of sp³-hybridized carbons (Fsp3) is 0.881. The number of carbonyl (C=O) groups excluding carboxylic acids is 1. The number of hydrogen-bond donors (Lipinski definition) is 5. The Labute approximate surface area is 320 Å². The SMILES string of the molecule is CCCCC/C=C/CC/C=C/C(O)C(COP(=O)(O)OCCN)NC(=O)CC(O)CCCCCCCCCCCCCCCCCCCCCCC. The molecule has 0 aromatic carbocycles. The van der Waals surface area contributed by atoms with E-state index >= 15 is 0 Å². The van der Waals surface area contributed by atoms with Gasteiger partial charge in [-0.1, -0.05) is 186 Å². The normalized spacial score (nSPS) is 15.0. The van der Waals surface area contributed by atoms with Crippen molar-refractivity contribution in [2.75, 3.05) is 19.8 Å². The van der Waals surface area contributed by atoms with Crippen molar-refractivity contribution in [3.63, 3.8) is 0 Å². The fourth-order valence-electron chi connectivity index (χ4n) is 6.31. The maximum Gasteiger partial charge on any atom is 0.472 e. The second-order valence-corrected chi connectivity index (χ2v) is 16.2. The van der Waals surface area contributed by atoms with Crippen LogP contribution in [0.25, 0.3) is 0 Å². The molecule has 10 heteroatoms. The highest BCUT2D eigenvalue weighted by Gasteiger charge is 2.27. The van der Waals surface area contributed by atoms with Crippen molar-refractivity contribution < 1.29 is 33.5 Å². The number of carbonyl (C=O) groups is 1. The predicted molar refractivity (Wildman–Crippen MR) is 218 cm³/mol. The van der Waals surface area contributed by atoms with E-state index in [0.29, 0.717) is 12.8 Å². The van der Waals surface area contributed by atoms with Gasteiger partial charge in [0.25, 0.3) is 0 Å². The standard InChI is InChI=1S/C42H83N2O7P/c1-3-5-7-9-11-13-14-15-16-17-18-19-20-21-22-23-24-26-27-29-31-33-39(45)37-42(47)44-40(38-51-52(48,49)50-36-35-43)41(46)34-32-30-28-25-12-10-8-6-4-2/h12,25,32,34,39-41,45-46H,3-11,13-24,26-31,33,35-38,43H2,1-2H3,(H,44,47)(H,48,49)/b25-12+,34-32+. The summed E-state index contributed by atoms with van der Waals surface area (Å²) in [5.41, 5.74) is 5.34. The lowest BCUT2D eigenvalue weighted by Crippen LogP contribution is -2.46. The van der Waals surface area contributed by atoms with Crippen LogP contribution in [0.2, 0.25) is 0 Å². The third-order valence-electron chi connectivity index (χ3n) is 9.58. The van der Waals surface area contributed by atoms with Crippen molar-refractivity contribution >= 4 is 13.7 Å². The number of nitrogens with two attached hydrogens (primary N) is 1. The summed E-state index contributed by atoms with van der Waals surface area (Å²) < 4.78 is 22.0. The molecule has 0 saturated heterocycles. The molecule has 0 heterocycles. The quantitative estimate of drug-likeness (QED) is 0.0235. The molecule has 0 fully saturated rings. The Balaban J connectivity index is 4.13. The second-order valence-electron chi connectivity index (χ2n) is 14.7. The van der Waals surface area contributed by atoms with Crippen molar-refractivity contribution in [2.45, 2.75) is 218 Å². The highest BCUT2D eigenvalue weighted by atomic mass is 31.2. The molecule has 0 radical (unpaired) electrons. The molecular formula is C42H83N2O7P. The number of aliphatic hydroxyl groups excluding tert-OH is 2. The van der Waals surface area contributed by atoms with E-state index < -0.39 is 38.6 Å². The van der Waals surface area contributed by atoms with Crippen LogP contribution in [0.1, 0.15) is 200 Å². The smallest absolute Gasteiger partial charge is 0.393 e. The number of aliphatic hydroxyl groups is 2. The van der Waals surface area contributed by atoms with Crippen LogP contribution in [0.4, 0.5) is 0 Å².